The van der Waals surface area contributed by atoms with E-state index in [9.17, 15) is 0 Å². The lowest BCUT2D eigenvalue weighted by atomic mass is 13.0. The highest BCUT2D eigenvalue weighted by Gasteiger charge is 1.78. The van der Waals surface area contributed by atoms with Gasteiger partial charge in [-0.3, -0.25) is 0 Å². The lowest BCUT2D eigenvalue weighted by Gasteiger charge is -1.92. The quantitative estimate of drug-likeness (QED) is 0.443. The van der Waals surface area contributed by atoms with Gasteiger partial charge in [0.1, 0.15) is 0 Å². The lowest BCUT2D eigenvalue weighted by Crippen LogP contribution is -2.04. The molecule has 0 aromatic rings. The van der Waals surface area contributed by atoms with Crippen LogP contribution in [0.25, 0.3) is 0 Å². The number of hydrogen-bond acceptors (Lipinski definition) is 2. The standard InChI is InChI=1S/BrClHIN2/c1-5(3)4-2/h4H. The molecule has 0 radical (unpaired) electrons. The van der Waals surface area contributed by atoms with E-state index < -0.39 is 0 Å². The minimum atomic E-state index is 1.42. The zero-order valence-electron chi connectivity index (χ0n) is 2.08. The Bertz CT molecular complexity index is 23.6. The average Bonchev–Trinajstić information content (AvgIpc) is 1.38. The summed E-state index contributed by atoms with van der Waals surface area (Å²) in [6.45, 7) is 0. The first kappa shape index (κ1) is 6.42. The van der Waals surface area contributed by atoms with Crippen LogP contribution in [0, 0.1) is 0 Å². The summed E-state index contributed by atoms with van der Waals surface area (Å²) in [5.74, 6) is 0. The fourth-order valence-corrected chi connectivity index (χ4v) is 0. The predicted molar refractivity (Wildman–Crippen MR) is 33.8 cm³/mol. The minimum Gasteiger partial charge on any atom is -0.147 e. The second-order valence-corrected chi connectivity index (χ2v) is 3.49. The molecular formula is HBrClIN2. The summed E-state index contributed by atoms with van der Waals surface area (Å²) in [4.78, 5) is 2.24. The normalized spacial score (nSPS) is 9.60. The molecule has 0 aromatic carbocycles. The van der Waals surface area contributed by atoms with Crippen molar-refractivity contribution in [3.05, 3.63) is 0 Å². The van der Waals surface area contributed by atoms with E-state index >= 15 is 0 Å². The lowest BCUT2D eigenvalue weighted by molar-refractivity contribution is 0.794. The van der Waals surface area contributed by atoms with Gasteiger partial charge >= 0.3 is 0 Å². The number of hydrazine groups is 1. The molecule has 5 heteroatoms. The molecule has 0 spiro atoms. The molecule has 1 N–H and O–H groups in total. The van der Waals surface area contributed by atoms with Gasteiger partial charge < -0.3 is 0 Å². The first-order valence-electron chi connectivity index (χ1n) is 0.751. The van der Waals surface area contributed by atoms with E-state index in [1.807, 2.05) is 22.9 Å². The Labute approximate surface area is 57.8 Å². The van der Waals surface area contributed by atoms with E-state index in [0.717, 1.165) is 0 Å². The fraction of sp³-hybridized carbons (Fsp3) is 0. The van der Waals surface area contributed by atoms with Crippen LogP contribution in [0.5, 0.6) is 0 Å². The van der Waals surface area contributed by atoms with Crippen LogP contribution < -0.4 is 4.94 Å². The van der Waals surface area contributed by atoms with Gasteiger partial charge in [-0.25, -0.2) is 0 Å². The first-order valence-corrected chi connectivity index (χ1v) is 2.80. The van der Waals surface area contributed by atoms with Crippen LogP contribution in [0.3, 0.4) is 0 Å². The summed E-state index contributed by atoms with van der Waals surface area (Å²) in [6.07, 6.45) is 0. The van der Waals surface area contributed by atoms with Crippen molar-refractivity contribution in [3.8, 4) is 0 Å². The number of nitrogens with zero attached hydrogens (tertiary/aromatic N) is 1. The Morgan fingerprint density at radius 3 is 2.20 bits per heavy atom. The van der Waals surface area contributed by atoms with Crippen molar-refractivity contribution >= 4 is 50.8 Å². The molecule has 0 rings (SSSR count). The highest BCUT2D eigenvalue weighted by Crippen LogP contribution is 1.99. The zero-order valence-corrected chi connectivity index (χ0v) is 6.58. The Morgan fingerprint density at radius 2 is 2.20 bits per heavy atom. The Morgan fingerprint density at radius 1 is 2.00 bits per heavy atom. The Balaban J connectivity index is 2.54. The van der Waals surface area contributed by atoms with Crippen molar-refractivity contribution in [2.45, 2.75) is 0 Å². The summed E-state index contributed by atoms with van der Waals surface area (Å²) < 4.78 is 1.42. The largest absolute Gasteiger partial charge is 0.147 e. The third-order valence-corrected chi connectivity index (χ3v) is 1.14. The second-order valence-electron chi connectivity index (χ2n) is 0.317. The maximum Gasteiger partial charge on any atom is 0.0519 e. The number of halogens is 3. The predicted octanol–water partition coefficient (Wildman–Crippen LogP) is 1.61. The maximum absolute atomic E-state index is 4.96. The summed E-state index contributed by atoms with van der Waals surface area (Å²) >= 11 is 9.82. The SMILES string of the molecule is ClNN(Br)I. The zero-order chi connectivity index (χ0) is 4.28. The molecule has 0 atom stereocenters. The molecule has 0 unspecified atom stereocenters. The van der Waals surface area contributed by atoms with Gasteiger partial charge in [-0.15, -0.1) is 7.19 Å². The average molecular weight is 271 g/mol. The van der Waals surface area contributed by atoms with Crippen molar-refractivity contribution in [2.75, 3.05) is 0 Å². The van der Waals surface area contributed by atoms with Crippen LogP contribution in [0.2, 0.25) is 0 Å². The van der Waals surface area contributed by atoms with Crippen LogP contribution in [0.4, 0.5) is 0 Å². The molecule has 2 nitrogen and oxygen atoms in total. The van der Waals surface area contributed by atoms with E-state index in [1.54, 1.807) is 0 Å². The molecule has 0 bridgehead atoms. The third-order valence-electron chi connectivity index (χ3n) is 0.0639. The number of hydrogen-bond donors (Lipinski definition) is 1. The maximum atomic E-state index is 4.96. The van der Waals surface area contributed by atoms with Crippen LogP contribution >= 0.6 is 50.8 Å². The molecule has 0 aromatic heterocycles. The smallest absolute Gasteiger partial charge is 0.0519 e. The van der Waals surface area contributed by atoms with Crippen LogP contribution in [-0.2, 0) is 0 Å². The van der Waals surface area contributed by atoms with Crippen molar-refractivity contribution in [3.63, 3.8) is 0 Å². The molecule has 0 heterocycles. The molecule has 0 saturated heterocycles. The van der Waals surface area contributed by atoms with Gasteiger partial charge in [0.25, 0.3) is 0 Å². The van der Waals surface area contributed by atoms with Crippen LogP contribution in [0.15, 0.2) is 0 Å². The molecule has 0 amide bonds. The van der Waals surface area contributed by atoms with E-state index in [-0.39, 0.29) is 0 Å². The van der Waals surface area contributed by atoms with Gasteiger partial charge in [0.2, 0.25) is 0 Å². The van der Waals surface area contributed by atoms with Crippen molar-refractivity contribution < 1.29 is 0 Å². The first-order chi connectivity index (χ1) is 2.27. The summed E-state index contributed by atoms with van der Waals surface area (Å²) in [5, 5.41) is 0. The minimum absolute atomic E-state index is 1.42. The van der Waals surface area contributed by atoms with E-state index in [2.05, 4.69) is 21.1 Å². The molecule has 0 saturated carbocycles. The molecule has 0 aliphatic carbocycles. The molecule has 0 aliphatic rings. The van der Waals surface area contributed by atoms with Crippen molar-refractivity contribution in [1.29, 1.82) is 0 Å². The topological polar surface area (TPSA) is 15.3 Å². The van der Waals surface area contributed by atoms with Gasteiger partial charge in [0.15, 0.2) is 0 Å². The number of nitrogens with one attached hydrogen (secondary N) is 1. The van der Waals surface area contributed by atoms with Gasteiger partial charge in [-0.05, 0) is 11.8 Å². The fourth-order valence-electron chi connectivity index (χ4n) is 0. The number of rotatable bonds is 1. The highest BCUT2D eigenvalue weighted by molar-refractivity contribution is 14.1. The van der Waals surface area contributed by atoms with Gasteiger partial charge in [0.05, 0.1) is 22.9 Å². The molecule has 0 aliphatic heterocycles. The molecule has 5 heavy (non-hydrogen) atoms. The third kappa shape index (κ3) is 5.42. The molecule has 0 fully saturated rings. The summed E-state index contributed by atoms with van der Waals surface area (Å²) in [6, 6.07) is 0. The second kappa shape index (κ2) is 3.60. The summed E-state index contributed by atoms with van der Waals surface area (Å²) in [5.41, 5.74) is 0. The van der Waals surface area contributed by atoms with Crippen LogP contribution in [0.1, 0.15) is 0 Å². The van der Waals surface area contributed by atoms with Gasteiger partial charge in [-0.2, -0.15) is 0 Å². The van der Waals surface area contributed by atoms with Crippen molar-refractivity contribution in [1.82, 2.24) is 7.19 Å². The highest BCUT2D eigenvalue weighted by atomic mass is 127. The van der Waals surface area contributed by atoms with Crippen LogP contribution in [-0.4, -0.2) is 2.25 Å². The van der Waals surface area contributed by atoms with E-state index in [0.29, 0.717) is 0 Å². The molecule has 32 valence electrons. The Hall–Kier alpha value is 1.42. The van der Waals surface area contributed by atoms with E-state index in [4.69, 9.17) is 11.8 Å². The van der Waals surface area contributed by atoms with Gasteiger partial charge in [0, 0.05) is 16.1 Å². The van der Waals surface area contributed by atoms with Crippen molar-refractivity contribution in [2.24, 2.45) is 0 Å². The molecular weight excluding hydrogens is 270 g/mol. The Kier molecular flexibility index (Phi) is 4.63. The van der Waals surface area contributed by atoms with Gasteiger partial charge in [-0.1, -0.05) is 0 Å². The summed E-state index contributed by atoms with van der Waals surface area (Å²) in [7, 11) is 0. The van der Waals surface area contributed by atoms with E-state index in [1.165, 1.54) is 2.25 Å². The monoisotopic (exact) mass is 270 g/mol.